The summed E-state index contributed by atoms with van der Waals surface area (Å²) < 4.78 is 0. The largest absolute Gasteiger partial charge is 0.367 e. The molecule has 0 unspecified atom stereocenters. The minimum absolute atomic E-state index is 0.632. The van der Waals surface area contributed by atoms with Crippen LogP contribution in [0, 0.1) is 17.2 Å². The SMILES string of the molecule is CC(C)CN(c1ccccc1C#N)C1CC1. The first-order valence-electron chi connectivity index (χ1n) is 5.98. The van der Waals surface area contributed by atoms with Gasteiger partial charge in [-0.2, -0.15) is 5.26 Å². The monoisotopic (exact) mass is 214 g/mol. The van der Waals surface area contributed by atoms with Crippen LogP contribution in [0.2, 0.25) is 0 Å². The lowest BCUT2D eigenvalue weighted by Crippen LogP contribution is -2.30. The number of hydrogen-bond acceptors (Lipinski definition) is 2. The van der Waals surface area contributed by atoms with Gasteiger partial charge in [-0.25, -0.2) is 0 Å². The maximum Gasteiger partial charge on any atom is 0.101 e. The van der Waals surface area contributed by atoms with Crippen LogP contribution in [0.1, 0.15) is 32.3 Å². The molecule has 0 amide bonds. The van der Waals surface area contributed by atoms with Gasteiger partial charge >= 0.3 is 0 Å². The highest BCUT2D eigenvalue weighted by atomic mass is 15.2. The summed E-state index contributed by atoms with van der Waals surface area (Å²) >= 11 is 0. The fourth-order valence-corrected chi connectivity index (χ4v) is 2.04. The third kappa shape index (κ3) is 2.36. The molecule has 2 nitrogen and oxygen atoms in total. The van der Waals surface area contributed by atoms with E-state index in [1.807, 2.05) is 18.2 Å². The second-order valence-electron chi connectivity index (χ2n) is 4.91. The smallest absolute Gasteiger partial charge is 0.101 e. The van der Waals surface area contributed by atoms with Crippen LogP contribution < -0.4 is 4.90 Å². The van der Waals surface area contributed by atoms with Gasteiger partial charge in [0.05, 0.1) is 11.3 Å². The maximum absolute atomic E-state index is 9.13. The molecule has 0 radical (unpaired) electrons. The van der Waals surface area contributed by atoms with Crippen LogP contribution in [0.3, 0.4) is 0 Å². The summed E-state index contributed by atoms with van der Waals surface area (Å²) in [4.78, 5) is 2.41. The lowest BCUT2D eigenvalue weighted by molar-refractivity contribution is 0.607. The highest BCUT2D eigenvalue weighted by Crippen LogP contribution is 2.33. The molecule has 0 aromatic heterocycles. The van der Waals surface area contributed by atoms with E-state index >= 15 is 0 Å². The van der Waals surface area contributed by atoms with E-state index in [1.165, 1.54) is 12.8 Å². The van der Waals surface area contributed by atoms with Crippen LogP contribution in [0.15, 0.2) is 24.3 Å². The van der Waals surface area contributed by atoms with Crippen molar-refractivity contribution in [2.45, 2.75) is 32.7 Å². The third-order valence-corrected chi connectivity index (χ3v) is 2.88. The molecule has 0 bridgehead atoms. The van der Waals surface area contributed by atoms with Gasteiger partial charge in [0.1, 0.15) is 6.07 Å². The van der Waals surface area contributed by atoms with Crippen LogP contribution in [-0.2, 0) is 0 Å². The van der Waals surface area contributed by atoms with Gasteiger partial charge in [0.15, 0.2) is 0 Å². The first-order valence-corrected chi connectivity index (χ1v) is 5.98. The van der Waals surface area contributed by atoms with Crippen LogP contribution in [0.5, 0.6) is 0 Å². The zero-order valence-corrected chi connectivity index (χ0v) is 9.98. The molecule has 0 atom stereocenters. The zero-order chi connectivity index (χ0) is 11.5. The lowest BCUT2D eigenvalue weighted by Gasteiger charge is -2.27. The number of anilines is 1. The molecule has 0 spiro atoms. The van der Waals surface area contributed by atoms with E-state index < -0.39 is 0 Å². The van der Waals surface area contributed by atoms with Crippen molar-refractivity contribution in [3.8, 4) is 6.07 Å². The van der Waals surface area contributed by atoms with Crippen molar-refractivity contribution < 1.29 is 0 Å². The van der Waals surface area contributed by atoms with E-state index in [-0.39, 0.29) is 0 Å². The van der Waals surface area contributed by atoms with Crippen molar-refractivity contribution in [3.05, 3.63) is 29.8 Å². The molecule has 1 aromatic carbocycles. The second kappa shape index (κ2) is 4.57. The van der Waals surface area contributed by atoms with E-state index in [9.17, 15) is 0 Å². The first-order chi connectivity index (χ1) is 7.72. The minimum atomic E-state index is 0.632. The van der Waals surface area contributed by atoms with Crippen molar-refractivity contribution in [3.63, 3.8) is 0 Å². The van der Waals surface area contributed by atoms with Crippen molar-refractivity contribution >= 4 is 5.69 Å². The zero-order valence-electron chi connectivity index (χ0n) is 9.98. The number of hydrogen-bond donors (Lipinski definition) is 0. The van der Waals surface area contributed by atoms with Gasteiger partial charge in [-0.15, -0.1) is 0 Å². The van der Waals surface area contributed by atoms with E-state index in [0.29, 0.717) is 12.0 Å². The van der Waals surface area contributed by atoms with Crippen LogP contribution >= 0.6 is 0 Å². The molecule has 1 aromatic rings. The quantitative estimate of drug-likeness (QED) is 0.769. The van der Waals surface area contributed by atoms with E-state index in [0.717, 1.165) is 17.8 Å². The molecule has 0 saturated heterocycles. The normalized spacial score (nSPS) is 14.9. The molecule has 16 heavy (non-hydrogen) atoms. The number of nitriles is 1. The fraction of sp³-hybridized carbons (Fsp3) is 0.500. The fourth-order valence-electron chi connectivity index (χ4n) is 2.04. The summed E-state index contributed by atoms with van der Waals surface area (Å²) in [5.74, 6) is 0.632. The molecule has 0 N–H and O–H groups in total. The summed E-state index contributed by atoms with van der Waals surface area (Å²) in [6.07, 6.45) is 2.54. The second-order valence-corrected chi connectivity index (χ2v) is 4.91. The van der Waals surface area contributed by atoms with Crippen molar-refractivity contribution in [2.75, 3.05) is 11.4 Å². The van der Waals surface area contributed by atoms with Gasteiger partial charge in [0.2, 0.25) is 0 Å². The molecule has 2 rings (SSSR count). The maximum atomic E-state index is 9.13. The molecule has 2 heteroatoms. The average Bonchev–Trinajstić information content (AvgIpc) is 3.09. The molecular formula is C14H18N2. The Hall–Kier alpha value is -1.49. The minimum Gasteiger partial charge on any atom is -0.367 e. The van der Waals surface area contributed by atoms with Crippen molar-refractivity contribution in [2.24, 2.45) is 5.92 Å². The molecule has 0 heterocycles. The van der Waals surface area contributed by atoms with Crippen LogP contribution in [0.4, 0.5) is 5.69 Å². The van der Waals surface area contributed by atoms with Gasteiger partial charge in [0, 0.05) is 12.6 Å². The van der Waals surface area contributed by atoms with Gasteiger partial charge in [-0.05, 0) is 30.9 Å². The van der Waals surface area contributed by atoms with E-state index in [1.54, 1.807) is 0 Å². The van der Waals surface area contributed by atoms with Gasteiger partial charge in [-0.3, -0.25) is 0 Å². The molecular weight excluding hydrogens is 196 g/mol. The number of benzene rings is 1. The Kier molecular flexibility index (Phi) is 3.14. The molecule has 1 fully saturated rings. The molecule has 1 aliphatic rings. The topological polar surface area (TPSA) is 27.0 Å². The summed E-state index contributed by atoms with van der Waals surface area (Å²) in [5, 5.41) is 9.13. The Labute approximate surface area is 97.5 Å². The number of nitrogens with zero attached hydrogens (tertiary/aromatic N) is 2. The van der Waals surface area contributed by atoms with Crippen LogP contribution in [-0.4, -0.2) is 12.6 Å². The Morgan fingerprint density at radius 1 is 1.38 bits per heavy atom. The van der Waals surface area contributed by atoms with Gasteiger partial charge < -0.3 is 4.90 Å². The van der Waals surface area contributed by atoms with Gasteiger partial charge in [-0.1, -0.05) is 26.0 Å². The molecule has 1 saturated carbocycles. The molecule has 1 aliphatic carbocycles. The molecule has 0 aliphatic heterocycles. The summed E-state index contributed by atoms with van der Waals surface area (Å²) in [7, 11) is 0. The predicted molar refractivity (Wildman–Crippen MR) is 66.4 cm³/mol. The summed E-state index contributed by atoms with van der Waals surface area (Å²) in [6, 6.07) is 10.9. The van der Waals surface area contributed by atoms with E-state index in [2.05, 4.69) is 30.9 Å². The standard InChI is InChI=1S/C14H18N2/c1-11(2)10-16(13-7-8-13)14-6-4-3-5-12(14)9-15/h3-6,11,13H,7-8,10H2,1-2H3. The number of para-hydroxylation sites is 1. The predicted octanol–water partition coefficient (Wildman–Crippen LogP) is 3.18. The van der Waals surface area contributed by atoms with E-state index in [4.69, 9.17) is 5.26 Å². The highest BCUT2D eigenvalue weighted by Gasteiger charge is 2.30. The Balaban J connectivity index is 2.27. The van der Waals surface area contributed by atoms with Crippen molar-refractivity contribution in [1.29, 1.82) is 5.26 Å². The van der Waals surface area contributed by atoms with Gasteiger partial charge in [0.25, 0.3) is 0 Å². The Bertz CT molecular complexity index is 399. The lowest BCUT2D eigenvalue weighted by atomic mass is 10.1. The molecule has 84 valence electrons. The van der Waals surface area contributed by atoms with Crippen molar-refractivity contribution in [1.82, 2.24) is 0 Å². The Morgan fingerprint density at radius 3 is 2.62 bits per heavy atom. The average molecular weight is 214 g/mol. The number of rotatable bonds is 4. The summed E-state index contributed by atoms with van der Waals surface area (Å²) in [5.41, 5.74) is 1.91. The Morgan fingerprint density at radius 2 is 2.06 bits per heavy atom. The first kappa shape index (κ1) is 11.0. The van der Waals surface area contributed by atoms with Crippen LogP contribution in [0.25, 0.3) is 0 Å². The third-order valence-electron chi connectivity index (χ3n) is 2.88. The summed E-state index contributed by atoms with van der Waals surface area (Å²) in [6.45, 7) is 5.50. The highest BCUT2D eigenvalue weighted by molar-refractivity contribution is 5.60.